The first-order chi connectivity index (χ1) is 11.7. The summed E-state index contributed by atoms with van der Waals surface area (Å²) in [7, 11) is 0. The Morgan fingerprint density at radius 2 is 2.17 bits per heavy atom. The number of hydrogen-bond acceptors (Lipinski definition) is 6. The number of hydrogen-bond donors (Lipinski definition) is 1. The van der Waals surface area contributed by atoms with Crippen LogP contribution in [0.2, 0.25) is 0 Å². The Labute approximate surface area is 148 Å². The highest BCUT2D eigenvalue weighted by atomic mass is 32.2. The van der Waals surface area contributed by atoms with Crippen LogP contribution in [-0.4, -0.2) is 34.3 Å². The number of anilines is 2. The van der Waals surface area contributed by atoms with E-state index in [1.807, 2.05) is 0 Å². The van der Waals surface area contributed by atoms with Crippen LogP contribution < -0.4 is 10.2 Å². The third-order valence-electron chi connectivity index (χ3n) is 3.47. The molecule has 1 aromatic carbocycles. The highest BCUT2D eigenvalue weighted by Crippen LogP contribution is 2.26. The zero-order chi connectivity index (χ0) is 16.9. The van der Waals surface area contributed by atoms with Crippen molar-refractivity contribution in [3.8, 4) is 0 Å². The lowest BCUT2D eigenvalue weighted by atomic mass is 10.2. The Morgan fingerprint density at radius 3 is 2.83 bits per heavy atom. The number of thioether (sulfide) groups is 1. The summed E-state index contributed by atoms with van der Waals surface area (Å²) in [5, 5.41) is 11.2. The van der Waals surface area contributed by atoms with Crippen molar-refractivity contribution in [3.63, 3.8) is 0 Å². The number of nitrogens with zero attached hydrogens (tertiary/aromatic N) is 3. The molecule has 0 unspecified atom stereocenters. The molecule has 0 atom stereocenters. The maximum Gasteiger partial charge on any atom is 0.257 e. The van der Waals surface area contributed by atoms with Crippen molar-refractivity contribution in [2.24, 2.45) is 0 Å². The molecule has 0 saturated carbocycles. The van der Waals surface area contributed by atoms with E-state index in [0.717, 1.165) is 28.7 Å². The summed E-state index contributed by atoms with van der Waals surface area (Å²) in [6.45, 7) is 4.39. The molecule has 1 saturated heterocycles. The molecule has 2 heterocycles. The molecule has 8 heteroatoms. The topological polar surface area (TPSA) is 75.2 Å². The van der Waals surface area contributed by atoms with Gasteiger partial charge < -0.3 is 4.90 Å². The van der Waals surface area contributed by atoms with Gasteiger partial charge in [0.15, 0.2) is 4.34 Å². The second-order valence-corrected chi connectivity index (χ2v) is 7.37. The van der Waals surface area contributed by atoms with Gasteiger partial charge in [0.2, 0.25) is 11.0 Å². The van der Waals surface area contributed by atoms with Crippen molar-refractivity contribution in [2.45, 2.75) is 17.2 Å². The fourth-order valence-electron chi connectivity index (χ4n) is 2.33. The second-order valence-electron chi connectivity index (χ2n) is 5.12. The van der Waals surface area contributed by atoms with E-state index in [1.54, 1.807) is 35.2 Å². The zero-order valence-corrected chi connectivity index (χ0v) is 14.5. The molecule has 124 valence electrons. The molecule has 0 spiro atoms. The number of benzene rings is 1. The highest BCUT2D eigenvalue weighted by Gasteiger charge is 2.21. The predicted octanol–water partition coefficient (Wildman–Crippen LogP) is 3.20. The summed E-state index contributed by atoms with van der Waals surface area (Å²) >= 11 is 2.85. The molecular weight excluding hydrogens is 344 g/mol. The van der Waals surface area contributed by atoms with Crippen molar-refractivity contribution < 1.29 is 9.59 Å². The molecule has 1 fully saturated rings. The average Bonchev–Trinajstić information content (AvgIpc) is 3.22. The van der Waals surface area contributed by atoms with Crippen LogP contribution in [0.3, 0.4) is 0 Å². The predicted molar refractivity (Wildman–Crippen MR) is 96.8 cm³/mol. The molecular formula is C16H16N4O2S2. The van der Waals surface area contributed by atoms with E-state index in [-0.39, 0.29) is 11.8 Å². The van der Waals surface area contributed by atoms with Crippen molar-refractivity contribution in [1.29, 1.82) is 0 Å². The quantitative estimate of drug-likeness (QED) is 0.486. The number of carbonyl (C=O) groups excluding carboxylic acids is 2. The van der Waals surface area contributed by atoms with Gasteiger partial charge in [0, 0.05) is 30.0 Å². The Balaban J connectivity index is 1.63. The molecule has 0 radical (unpaired) electrons. The first-order valence-corrected chi connectivity index (χ1v) is 9.26. The summed E-state index contributed by atoms with van der Waals surface area (Å²) in [6, 6.07) is 7.02. The van der Waals surface area contributed by atoms with Crippen molar-refractivity contribution in [2.75, 3.05) is 22.5 Å². The second kappa shape index (κ2) is 7.59. The van der Waals surface area contributed by atoms with Gasteiger partial charge in [-0.25, -0.2) is 0 Å². The van der Waals surface area contributed by atoms with Crippen LogP contribution in [0, 0.1) is 0 Å². The number of carbonyl (C=O) groups is 2. The van der Waals surface area contributed by atoms with Crippen LogP contribution in [0.15, 0.2) is 41.3 Å². The largest absolute Gasteiger partial charge is 0.312 e. The van der Waals surface area contributed by atoms with Crippen molar-refractivity contribution in [1.82, 2.24) is 10.2 Å². The fraction of sp³-hybridized carbons (Fsp3) is 0.250. The van der Waals surface area contributed by atoms with Crippen LogP contribution in [-0.2, 0) is 4.79 Å². The van der Waals surface area contributed by atoms with Gasteiger partial charge in [0.25, 0.3) is 5.91 Å². The van der Waals surface area contributed by atoms with Gasteiger partial charge in [-0.05, 0) is 30.7 Å². The van der Waals surface area contributed by atoms with Gasteiger partial charge in [0.05, 0.1) is 0 Å². The number of amides is 2. The third kappa shape index (κ3) is 3.82. The summed E-state index contributed by atoms with van der Waals surface area (Å²) in [5.74, 6) is 0.635. The minimum atomic E-state index is -0.245. The van der Waals surface area contributed by atoms with Crippen LogP contribution in [0.4, 0.5) is 10.8 Å². The maximum atomic E-state index is 12.3. The van der Waals surface area contributed by atoms with E-state index < -0.39 is 0 Å². The molecule has 0 aliphatic carbocycles. The lowest BCUT2D eigenvalue weighted by Gasteiger charge is -2.15. The van der Waals surface area contributed by atoms with Crippen LogP contribution in [0.5, 0.6) is 0 Å². The molecule has 24 heavy (non-hydrogen) atoms. The summed E-state index contributed by atoms with van der Waals surface area (Å²) < 4.78 is 0.785. The van der Waals surface area contributed by atoms with Crippen LogP contribution in [0.1, 0.15) is 23.2 Å². The first kappa shape index (κ1) is 16.7. The van der Waals surface area contributed by atoms with Crippen LogP contribution >= 0.6 is 23.1 Å². The van der Waals surface area contributed by atoms with Crippen molar-refractivity contribution in [3.05, 3.63) is 42.5 Å². The summed E-state index contributed by atoms with van der Waals surface area (Å²) in [5.41, 5.74) is 1.34. The zero-order valence-electron chi connectivity index (χ0n) is 12.9. The van der Waals surface area contributed by atoms with E-state index in [0.29, 0.717) is 17.1 Å². The SMILES string of the molecule is C=CCSc1nnc(NC(=O)c2ccc(N3CCCC3=O)cc2)s1. The van der Waals surface area contributed by atoms with Gasteiger partial charge in [-0.1, -0.05) is 29.2 Å². The van der Waals surface area contributed by atoms with E-state index in [1.165, 1.54) is 23.1 Å². The standard InChI is InChI=1S/C16H16N4O2S2/c1-2-10-23-16-19-18-15(24-16)17-14(22)11-5-7-12(8-6-11)20-9-3-4-13(20)21/h2,5-8H,1,3-4,9-10H2,(H,17,18,22). The average molecular weight is 360 g/mol. The van der Waals surface area contributed by atoms with E-state index in [9.17, 15) is 9.59 Å². The third-order valence-corrected chi connectivity index (χ3v) is 5.43. The molecule has 2 aromatic rings. The van der Waals surface area contributed by atoms with E-state index >= 15 is 0 Å². The fourth-order valence-corrected chi connectivity index (χ4v) is 3.84. The molecule has 1 aromatic heterocycles. The molecule has 1 N–H and O–H groups in total. The molecule has 6 nitrogen and oxygen atoms in total. The maximum absolute atomic E-state index is 12.3. The summed E-state index contributed by atoms with van der Waals surface area (Å²) in [6.07, 6.45) is 3.26. The Morgan fingerprint density at radius 1 is 1.38 bits per heavy atom. The molecule has 0 bridgehead atoms. The Bertz CT molecular complexity index is 758. The van der Waals surface area contributed by atoms with E-state index in [2.05, 4.69) is 22.1 Å². The monoisotopic (exact) mass is 360 g/mol. The highest BCUT2D eigenvalue weighted by molar-refractivity contribution is 8.01. The van der Waals surface area contributed by atoms with E-state index in [4.69, 9.17) is 0 Å². The van der Waals surface area contributed by atoms with Gasteiger partial charge in [0.1, 0.15) is 0 Å². The van der Waals surface area contributed by atoms with Crippen molar-refractivity contribution >= 4 is 45.7 Å². The van der Waals surface area contributed by atoms with Gasteiger partial charge in [-0.15, -0.1) is 16.8 Å². The Hall–Kier alpha value is -2.19. The first-order valence-electron chi connectivity index (χ1n) is 7.46. The minimum absolute atomic E-state index is 0.130. The lowest BCUT2D eigenvalue weighted by Crippen LogP contribution is -2.23. The summed E-state index contributed by atoms with van der Waals surface area (Å²) in [4.78, 5) is 25.7. The van der Waals surface area contributed by atoms with Gasteiger partial charge >= 0.3 is 0 Å². The van der Waals surface area contributed by atoms with Crippen LogP contribution in [0.25, 0.3) is 0 Å². The molecule has 2 amide bonds. The molecule has 1 aliphatic heterocycles. The normalized spacial score (nSPS) is 14.0. The molecule has 1 aliphatic rings. The molecule has 3 rings (SSSR count). The number of aromatic nitrogens is 2. The van der Waals surface area contributed by atoms with Gasteiger partial charge in [-0.2, -0.15) is 0 Å². The number of rotatable bonds is 6. The smallest absolute Gasteiger partial charge is 0.257 e. The Kier molecular flexibility index (Phi) is 5.27. The number of nitrogens with one attached hydrogen (secondary N) is 1. The minimum Gasteiger partial charge on any atom is -0.312 e. The lowest BCUT2D eigenvalue weighted by molar-refractivity contribution is -0.117. The van der Waals surface area contributed by atoms with Gasteiger partial charge in [-0.3, -0.25) is 14.9 Å².